The number of halogens is 2. The zero-order valence-corrected chi connectivity index (χ0v) is 14.5. The maximum atomic E-state index is 11.9. The van der Waals surface area contributed by atoms with Gasteiger partial charge in [0.05, 0.1) is 22.3 Å². The molecule has 1 aromatic rings. The molecule has 0 heterocycles. The van der Waals surface area contributed by atoms with E-state index in [9.17, 15) is 4.55 Å². The van der Waals surface area contributed by atoms with Gasteiger partial charge < -0.3 is 9.29 Å². The van der Waals surface area contributed by atoms with Gasteiger partial charge in [-0.05, 0) is 49.7 Å². The Labute approximate surface area is 130 Å². The summed E-state index contributed by atoms with van der Waals surface area (Å²) >= 11 is 8.32. The van der Waals surface area contributed by atoms with Crippen LogP contribution in [0, 0.1) is 0 Å². The molecule has 1 aromatic carbocycles. The van der Waals surface area contributed by atoms with Crippen molar-refractivity contribution in [2.75, 3.05) is 6.61 Å². The van der Waals surface area contributed by atoms with Crippen LogP contribution in [-0.4, -0.2) is 22.1 Å². The third-order valence-corrected chi connectivity index (χ3v) is 4.54. The van der Waals surface area contributed by atoms with Crippen molar-refractivity contribution in [1.82, 2.24) is 0 Å². The van der Waals surface area contributed by atoms with E-state index in [1.165, 1.54) is 6.21 Å². The topological polar surface area (TPSA) is 44.6 Å². The molecule has 0 fully saturated rings. The standard InChI is InChI=1S/C13H17BrClNO2S/c1-5-18-12-10(14)7-6-9(11(12)15)8-16-19(17)13(2,3)4/h6-8H,5H2,1-4H3. The lowest BCUT2D eigenvalue weighted by Gasteiger charge is -2.17. The summed E-state index contributed by atoms with van der Waals surface area (Å²) < 4.78 is 21.8. The Morgan fingerprint density at radius 1 is 1.47 bits per heavy atom. The van der Waals surface area contributed by atoms with E-state index >= 15 is 0 Å². The number of hydrogen-bond donors (Lipinski definition) is 0. The molecule has 1 rings (SSSR count). The van der Waals surface area contributed by atoms with E-state index in [1.54, 1.807) is 6.07 Å². The first-order valence-electron chi connectivity index (χ1n) is 5.84. The number of ether oxygens (including phenoxy) is 1. The van der Waals surface area contributed by atoms with E-state index in [0.717, 1.165) is 4.47 Å². The lowest BCUT2D eigenvalue weighted by atomic mass is 10.2. The molecular weight excluding hydrogens is 350 g/mol. The molecule has 0 saturated heterocycles. The number of benzene rings is 1. The SMILES string of the molecule is CCOc1c(Br)ccc(C=N[S+]([O-])C(C)(C)C)c1Cl. The van der Waals surface area contributed by atoms with Gasteiger partial charge in [0, 0.05) is 5.56 Å². The van der Waals surface area contributed by atoms with Crippen molar-refractivity contribution in [3.8, 4) is 5.75 Å². The second kappa shape index (κ2) is 6.97. The van der Waals surface area contributed by atoms with Crippen molar-refractivity contribution >= 4 is 45.1 Å². The molecule has 0 saturated carbocycles. The maximum absolute atomic E-state index is 11.9. The van der Waals surface area contributed by atoms with Gasteiger partial charge in [0.2, 0.25) is 0 Å². The molecule has 0 N–H and O–H groups in total. The van der Waals surface area contributed by atoms with E-state index in [2.05, 4.69) is 20.3 Å². The molecule has 1 atom stereocenters. The van der Waals surface area contributed by atoms with Crippen LogP contribution < -0.4 is 4.74 Å². The molecule has 0 spiro atoms. The molecular formula is C13H17BrClNO2S. The Morgan fingerprint density at radius 3 is 2.63 bits per heavy atom. The monoisotopic (exact) mass is 365 g/mol. The molecule has 0 aliphatic heterocycles. The third kappa shape index (κ3) is 4.67. The van der Waals surface area contributed by atoms with Gasteiger partial charge in [0.1, 0.15) is 16.1 Å². The van der Waals surface area contributed by atoms with Gasteiger partial charge in [-0.1, -0.05) is 22.1 Å². The van der Waals surface area contributed by atoms with Gasteiger partial charge in [-0.25, -0.2) is 0 Å². The molecule has 0 bridgehead atoms. The van der Waals surface area contributed by atoms with Crippen LogP contribution in [0.25, 0.3) is 0 Å². The van der Waals surface area contributed by atoms with Crippen molar-refractivity contribution in [2.24, 2.45) is 4.40 Å². The fourth-order valence-electron chi connectivity index (χ4n) is 1.19. The molecule has 0 aliphatic rings. The first-order chi connectivity index (χ1) is 8.77. The Kier molecular flexibility index (Phi) is 6.17. The van der Waals surface area contributed by atoms with Crippen molar-refractivity contribution in [1.29, 1.82) is 0 Å². The van der Waals surface area contributed by atoms with Crippen LogP contribution in [0.15, 0.2) is 21.0 Å². The lowest BCUT2D eigenvalue weighted by Crippen LogP contribution is -2.25. The molecule has 1 unspecified atom stereocenters. The van der Waals surface area contributed by atoms with Crippen LogP contribution in [0.2, 0.25) is 5.02 Å². The van der Waals surface area contributed by atoms with Gasteiger partial charge in [-0.3, -0.25) is 0 Å². The fourth-order valence-corrected chi connectivity index (χ4v) is 2.54. The molecule has 3 nitrogen and oxygen atoms in total. The van der Waals surface area contributed by atoms with Gasteiger partial charge in [0.25, 0.3) is 0 Å². The molecule has 0 aliphatic carbocycles. The summed E-state index contributed by atoms with van der Waals surface area (Å²) in [6.45, 7) is 8.02. The molecule has 0 amide bonds. The minimum absolute atomic E-state index is 0.388. The number of nitrogens with zero attached hydrogens (tertiary/aromatic N) is 1. The zero-order chi connectivity index (χ0) is 14.6. The highest BCUT2D eigenvalue weighted by Gasteiger charge is 2.26. The van der Waals surface area contributed by atoms with Crippen LogP contribution >= 0.6 is 27.5 Å². The van der Waals surface area contributed by atoms with Gasteiger partial charge in [-0.2, -0.15) is 0 Å². The highest BCUT2D eigenvalue weighted by atomic mass is 79.9. The summed E-state index contributed by atoms with van der Waals surface area (Å²) in [5.74, 6) is 0.578. The van der Waals surface area contributed by atoms with Crippen LogP contribution in [0.3, 0.4) is 0 Å². The van der Waals surface area contributed by atoms with E-state index in [-0.39, 0.29) is 4.75 Å². The van der Waals surface area contributed by atoms with Crippen LogP contribution in [0.5, 0.6) is 5.75 Å². The smallest absolute Gasteiger partial charge is 0.152 e. The third-order valence-electron chi connectivity index (χ3n) is 2.18. The summed E-state index contributed by atoms with van der Waals surface area (Å²) in [6.07, 6.45) is 1.53. The molecule has 106 valence electrons. The minimum Gasteiger partial charge on any atom is -0.591 e. The molecule has 19 heavy (non-hydrogen) atoms. The Balaban J connectivity index is 3.03. The Morgan fingerprint density at radius 2 is 2.11 bits per heavy atom. The van der Waals surface area contributed by atoms with Crippen molar-refractivity contribution < 1.29 is 9.29 Å². The average molecular weight is 367 g/mol. The zero-order valence-electron chi connectivity index (χ0n) is 11.4. The first kappa shape index (κ1) is 16.8. The molecule has 0 aromatic heterocycles. The van der Waals surface area contributed by atoms with Gasteiger partial charge in [-0.15, -0.1) is 0 Å². The van der Waals surface area contributed by atoms with Crippen molar-refractivity contribution in [3.63, 3.8) is 0 Å². The summed E-state index contributed by atoms with van der Waals surface area (Å²) in [4.78, 5) is 0. The normalized spacial score (nSPS) is 13.8. The van der Waals surface area contributed by atoms with Crippen molar-refractivity contribution in [2.45, 2.75) is 32.4 Å². The Hall–Kier alpha value is -0.230. The number of hydrogen-bond acceptors (Lipinski definition) is 3. The average Bonchev–Trinajstić information content (AvgIpc) is 2.32. The molecule has 6 heteroatoms. The summed E-state index contributed by atoms with van der Waals surface area (Å²) in [5, 5.41) is 0.464. The highest BCUT2D eigenvalue weighted by molar-refractivity contribution is 9.10. The van der Waals surface area contributed by atoms with Gasteiger partial charge in [0.15, 0.2) is 5.75 Å². The predicted molar refractivity (Wildman–Crippen MR) is 85.8 cm³/mol. The van der Waals surface area contributed by atoms with Crippen LogP contribution in [0.1, 0.15) is 33.3 Å². The van der Waals surface area contributed by atoms with E-state index in [0.29, 0.717) is 22.9 Å². The summed E-state index contributed by atoms with van der Waals surface area (Å²) in [7, 11) is 0. The Bertz CT molecular complexity index is 474. The van der Waals surface area contributed by atoms with E-state index in [1.807, 2.05) is 33.8 Å². The second-order valence-corrected chi connectivity index (χ2v) is 7.97. The van der Waals surface area contributed by atoms with Gasteiger partial charge >= 0.3 is 0 Å². The predicted octanol–water partition coefficient (Wildman–Crippen LogP) is 4.38. The van der Waals surface area contributed by atoms with Crippen LogP contribution in [0.4, 0.5) is 0 Å². The van der Waals surface area contributed by atoms with Crippen molar-refractivity contribution in [3.05, 3.63) is 27.2 Å². The second-order valence-electron chi connectivity index (χ2n) is 4.81. The van der Waals surface area contributed by atoms with Crippen LogP contribution in [-0.2, 0) is 11.4 Å². The summed E-state index contributed by atoms with van der Waals surface area (Å²) in [5.41, 5.74) is 0.686. The quantitative estimate of drug-likeness (QED) is 0.586. The summed E-state index contributed by atoms with van der Waals surface area (Å²) in [6, 6.07) is 3.64. The largest absolute Gasteiger partial charge is 0.591 e. The maximum Gasteiger partial charge on any atom is 0.152 e. The molecule has 0 radical (unpaired) electrons. The van der Waals surface area contributed by atoms with E-state index in [4.69, 9.17) is 16.3 Å². The van der Waals surface area contributed by atoms with E-state index < -0.39 is 11.4 Å². The minimum atomic E-state index is -1.30. The first-order valence-corrected chi connectivity index (χ1v) is 8.12. The fraction of sp³-hybridized carbons (Fsp3) is 0.462. The lowest BCUT2D eigenvalue weighted by molar-refractivity contribution is 0.338. The number of rotatable bonds is 4. The highest BCUT2D eigenvalue weighted by Crippen LogP contribution is 2.35.